The third-order valence-electron chi connectivity index (χ3n) is 3.01. The van der Waals surface area contributed by atoms with Gasteiger partial charge in [-0.15, -0.1) is 0 Å². The number of hydrogen-bond donors (Lipinski definition) is 2. The molecule has 25 heavy (non-hydrogen) atoms. The predicted octanol–water partition coefficient (Wildman–Crippen LogP) is 1.93. The number of carbonyl (C=O) groups is 3. The number of ether oxygens (including phenoxy) is 2. The number of nitrogens with one attached hydrogen (secondary N) is 2. The summed E-state index contributed by atoms with van der Waals surface area (Å²) in [4.78, 5) is 34.4. The minimum atomic E-state index is -0.662. The quantitative estimate of drug-likeness (QED) is 0.525. The Labute approximate surface area is 147 Å². The number of carbonyl (C=O) groups excluding carboxylic acids is 3. The van der Waals surface area contributed by atoms with Crippen LogP contribution in [0.15, 0.2) is 42.5 Å². The summed E-state index contributed by atoms with van der Waals surface area (Å²) < 4.78 is 9.79. The molecule has 0 heterocycles. The fourth-order valence-electron chi connectivity index (χ4n) is 1.87. The summed E-state index contributed by atoms with van der Waals surface area (Å²) in [6, 6.07) is 8.97. The molecule has 2 N–H and O–H groups in total. The molecular formula is C18H24N2O5. The Morgan fingerprint density at radius 1 is 1.16 bits per heavy atom. The molecular weight excluding hydrogens is 324 g/mol. The van der Waals surface area contributed by atoms with E-state index in [0.29, 0.717) is 6.61 Å². The van der Waals surface area contributed by atoms with Crippen molar-refractivity contribution < 1.29 is 23.9 Å². The first-order valence-corrected chi connectivity index (χ1v) is 8.07. The molecule has 0 aliphatic heterocycles. The molecule has 0 fully saturated rings. The molecule has 0 saturated carbocycles. The van der Waals surface area contributed by atoms with Crippen molar-refractivity contribution in [1.29, 1.82) is 0 Å². The van der Waals surface area contributed by atoms with Gasteiger partial charge in [0, 0.05) is 6.04 Å². The van der Waals surface area contributed by atoms with Crippen molar-refractivity contribution >= 4 is 18.0 Å². The van der Waals surface area contributed by atoms with Crippen molar-refractivity contribution in [2.75, 3.05) is 13.2 Å². The highest BCUT2D eigenvalue weighted by atomic mass is 16.5. The van der Waals surface area contributed by atoms with E-state index in [9.17, 15) is 14.4 Å². The molecule has 1 rings (SSSR count). The van der Waals surface area contributed by atoms with Gasteiger partial charge in [-0.3, -0.25) is 9.59 Å². The van der Waals surface area contributed by atoms with Gasteiger partial charge >= 0.3 is 12.1 Å². The van der Waals surface area contributed by atoms with Crippen LogP contribution in [0.4, 0.5) is 4.79 Å². The number of hydrogen-bond acceptors (Lipinski definition) is 5. The maximum absolute atomic E-state index is 11.7. The molecule has 0 radical (unpaired) electrons. The van der Waals surface area contributed by atoms with E-state index in [1.165, 1.54) is 0 Å². The van der Waals surface area contributed by atoms with Gasteiger partial charge < -0.3 is 20.1 Å². The van der Waals surface area contributed by atoms with Crippen LogP contribution in [-0.4, -0.2) is 37.2 Å². The molecule has 0 spiro atoms. The average Bonchev–Trinajstić information content (AvgIpc) is 2.59. The lowest BCUT2D eigenvalue weighted by Gasteiger charge is -2.11. The molecule has 2 amide bonds. The monoisotopic (exact) mass is 348 g/mol. The Hall–Kier alpha value is -2.83. The Balaban J connectivity index is 2.19. The molecule has 1 atom stereocenters. The van der Waals surface area contributed by atoms with Gasteiger partial charge in [-0.25, -0.2) is 4.79 Å². The van der Waals surface area contributed by atoms with E-state index in [0.717, 1.165) is 5.56 Å². The zero-order valence-corrected chi connectivity index (χ0v) is 14.5. The van der Waals surface area contributed by atoms with Crippen molar-refractivity contribution in [3.63, 3.8) is 0 Å². The number of benzene rings is 1. The first-order valence-electron chi connectivity index (χ1n) is 8.07. The van der Waals surface area contributed by atoms with Gasteiger partial charge in [-0.1, -0.05) is 42.5 Å². The number of alkyl carbamates (subject to hydrolysis) is 1. The fraction of sp³-hybridized carbons (Fsp3) is 0.389. The molecule has 0 aliphatic rings. The smallest absolute Gasteiger partial charge is 0.407 e. The van der Waals surface area contributed by atoms with E-state index < -0.39 is 6.09 Å². The highest BCUT2D eigenvalue weighted by Gasteiger charge is 2.08. The van der Waals surface area contributed by atoms with E-state index >= 15 is 0 Å². The second-order valence-electron chi connectivity index (χ2n) is 5.21. The zero-order chi connectivity index (χ0) is 18.5. The summed E-state index contributed by atoms with van der Waals surface area (Å²) in [5.74, 6) is -0.676. The van der Waals surface area contributed by atoms with E-state index in [-0.39, 0.29) is 37.5 Å². The molecule has 7 nitrogen and oxygen atoms in total. The van der Waals surface area contributed by atoms with Crippen LogP contribution in [0.2, 0.25) is 0 Å². The lowest BCUT2D eigenvalue weighted by Crippen LogP contribution is -2.40. The normalized spacial score (nSPS) is 11.6. The summed E-state index contributed by atoms with van der Waals surface area (Å²) >= 11 is 0. The Morgan fingerprint density at radius 3 is 2.56 bits per heavy atom. The number of esters is 1. The molecule has 0 saturated heterocycles. The first kappa shape index (κ1) is 20.2. The van der Waals surface area contributed by atoms with Crippen LogP contribution in [0.3, 0.4) is 0 Å². The van der Waals surface area contributed by atoms with E-state index in [4.69, 9.17) is 9.47 Å². The van der Waals surface area contributed by atoms with Gasteiger partial charge in [0.2, 0.25) is 5.91 Å². The van der Waals surface area contributed by atoms with Crippen molar-refractivity contribution in [1.82, 2.24) is 10.6 Å². The molecule has 1 aromatic rings. The second kappa shape index (κ2) is 11.7. The van der Waals surface area contributed by atoms with E-state index in [1.807, 2.05) is 30.3 Å². The zero-order valence-electron chi connectivity index (χ0n) is 14.5. The molecule has 7 heteroatoms. The lowest BCUT2D eigenvalue weighted by atomic mass is 10.2. The van der Waals surface area contributed by atoms with Crippen molar-refractivity contribution in [2.24, 2.45) is 0 Å². The van der Waals surface area contributed by atoms with Crippen molar-refractivity contribution in [3.8, 4) is 0 Å². The highest BCUT2D eigenvalue weighted by Crippen LogP contribution is 2.00. The van der Waals surface area contributed by atoms with Crippen molar-refractivity contribution in [3.05, 3.63) is 48.0 Å². The number of rotatable bonds is 9. The summed E-state index contributed by atoms with van der Waals surface area (Å²) in [7, 11) is 0. The molecule has 0 aromatic heterocycles. The van der Waals surface area contributed by atoms with Crippen LogP contribution in [0.25, 0.3) is 0 Å². The molecule has 136 valence electrons. The molecule has 1 aromatic carbocycles. The van der Waals surface area contributed by atoms with Crippen LogP contribution in [0.5, 0.6) is 0 Å². The lowest BCUT2D eigenvalue weighted by molar-refractivity contribution is -0.142. The van der Waals surface area contributed by atoms with Crippen LogP contribution in [0, 0.1) is 0 Å². The van der Waals surface area contributed by atoms with Crippen LogP contribution < -0.4 is 10.6 Å². The van der Waals surface area contributed by atoms with E-state index in [1.54, 1.807) is 26.0 Å². The Morgan fingerprint density at radius 2 is 1.88 bits per heavy atom. The van der Waals surface area contributed by atoms with Crippen LogP contribution in [-0.2, 0) is 25.7 Å². The molecule has 0 aliphatic carbocycles. The number of amides is 2. The standard InChI is InChI=1S/C18H24N2O5/c1-3-24-17(22)11-7-8-14(2)20-16(21)12-19-18(23)25-13-15-9-5-4-6-10-15/h4-10,14H,3,11-13H2,1-2H3,(H,19,23)(H,20,21)/b8-7+/t14-/m1/s1. The van der Waals surface area contributed by atoms with Gasteiger partial charge in [-0.2, -0.15) is 0 Å². The van der Waals surface area contributed by atoms with Gasteiger partial charge in [-0.05, 0) is 19.4 Å². The summed E-state index contributed by atoms with van der Waals surface area (Å²) in [5.41, 5.74) is 0.863. The minimum Gasteiger partial charge on any atom is -0.466 e. The topological polar surface area (TPSA) is 93.7 Å². The third kappa shape index (κ3) is 9.80. The minimum absolute atomic E-state index is 0.140. The summed E-state index contributed by atoms with van der Waals surface area (Å²) in [5, 5.41) is 5.04. The van der Waals surface area contributed by atoms with Gasteiger partial charge in [0.15, 0.2) is 0 Å². The average molecular weight is 348 g/mol. The molecule has 0 bridgehead atoms. The SMILES string of the molecule is CCOC(=O)C/C=C/[C@@H](C)NC(=O)CNC(=O)OCc1ccccc1. The predicted molar refractivity (Wildman–Crippen MR) is 92.6 cm³/mol. The van der Waals surface area contributed by atoms with Gasteiger partial charge in [0.05, 0.1) is 13.0 Å². The van der Waals surface area contributed by atoms with Crippen LogP contribution >= 0.6 is 0 Å². The maximum Gasteiger partial charge on any atom is 0.407 e. The Bertz CT molecular complexity index is 586. The molecule has 0 unspecified atom stereocenters. The second-order valence-corrected chi connectivity index (χ2v) is 5.21. The highest BCUT2D eigenvalue weighted by molar-refractivity contribution is 5.82. The maximum atomic E-state index is 11.7. The largest absolute Gasteiger partial charge is 0.466 e. The Kier molecular flexibility index (Phi) is 9.43. The van der Waals surface area contributed by atoms with Crippen LogP contribution in [0.1, 0.15) is 25.8 Å². The summed E-state index contributed by atoms with van der Waals surface area (Å²) in [6.07, 6.45) is 2.80. The third-order valence-corrected chi connectivity index (χ3v) is 3.01. The van der Waals surface area contributed by atoms with E-state index in [2.05, 4.69) is 10.6 Å². The fourth-order valence-corrected chi connectivity index (χ4v) is 1.87. The summed E-state index contributed by atoms with van der Waals surface area (Å²) in [6.45, 7) is 3.78. The van der Waals surface area contributed by atoms with Gasteiger partial charge in [0.25, 0.3) is 0 Å². The first-order chi connectivity index (χ1) is 12.0. The van der Waals surface area contributed by atoms with Gasteiger partial charge in [0.1, 0.15) is 13.2 Å². The van der Waals surface area contributed by atoms with Crippen molar-refractivity contribution in [2.45, 2.75) is 32.9 Å².